The Labute approximate surface area is 96.9 Å². The zero-order valence-electron chi connectivity index (χ0n) is 10.1. The van der Waals surface area contributed by atoms with Crippen LogP contribution in [-0.2, 0) is 12.8 Å². The summed E-state index contributed by atoms with van der Waals surface area (Å²) in [7, 11) is 1.99. The van der Waals surface area contributed by atoms with Gasteiger partial charge in [0.15, 0.2) is 0 Å². The number of anilines is 1. The number of fused-ring (bicyclic) bond motifs is 1. The van der Waals surface area contributed by atoms with Gasteiger partial charge in [0, 0.05) is 32.0 Å². The fourth-order valence-corrected chi connectivity index (χ4v) is 2.16. The van der Waals surface area contributed by atoms with E-state index in [-0.39, 0.29) is 0 Å². The lowest BCUT2D eigenvalue weighted by Gasteiger charge is -2.22. The van der Waals surface area contributed by atoms with E-state index in [0.717, 1.165) is 31.3 Å². The zero-order valence-corrected chi connectivity index (χ0v) is 10.1. The van der Waals surface area contributed by atoms with Crippen LogP contribution >= 0.6 is 0 Å². The summed E-state index contributed by atoms with van der Waals surface area (Å²) in [4.78, 5) is 11.0. The Morgan fingerprint density at radius 3 is 3.12 bits per heavy atom. The van der Waals surface area contributed by atoms with E-state index in [0.29, 0.717) is 6.54 Å². The van der Waals surface area contributed by atoms with E-state index in [2.05, 4.69) is 16.9 Å². The molecule has 0 fully saturated rings. The van der Waals surface area contributed by atoms with Gasteiger partial charge in [-0.25, -0.2) is 9.97 Å². The van der Waals surface area contributed by atoms with Crippen LogP contribution in [0.5, 0.6) is 0 Å². The third-order valence-electron chi connectivity index (χ3n) is 3.19. The SMILES string of the molecule is CC1CCc2nc(N(C)CCN)ncc2C1. The second-order valence-electron chi connectivity index (χ2n) is 4.70. The number of hydrogen-bond acceptors (Lipinski definition) is 4. The highest BCUT2D eigenvalue weighted by Crippen LogP contribution is 2.24. The third-order valence-corrected chi connectivity index (χ3v) is 3.19. The highest BCUT2D eigenvalue weighted by atomic mass is 15.2. The molecule has 1 unspecified atom stereocenters. The number of likely N-dealkylation sites (N-methyl/N-ethyl adjacent to an activating group) is 1. The summed E-state index contributed by atoms with van der Waals surface area (Å²) in [5.74, 6) is 1.57. The molecule has 1 aliphatic rings. The van der Waals surface area contributed by atoms with Gasteiger partial charge in [-0.15, -0.1) is 0 Å². The van der Waals surface area contributed by atoms with Crippen molar-refractivity contribution in [2.45, 2.75) is 26.2 Å². The molecular formula is C12H20N4. The van der Waals surface area contributed by atoms with Crippen molar-refractivity contribution in [3.8, 4) is 0 Å². The quantitative estimate of drug-likeness (QED) is 0.825. The van der Waals surface area contributed by atoms with Gasteiger partial charge >= 0.3 is 0 Å². The van der Waals surface area contributed by atoms with Crippen molar-refractivity contribution >= 4 is 5.95 Å². The Bertz CT molecular complexity index is 364. The molecule has 1 aromatic rings. The second-order valence-corrected chi connectivity index (χ2v) is 4.70. The smallest absolute Gasteiger partial charge is 0.225 e. The number of rotatable bonds is 3. The first-order chi connectivity index (χ1) is 7.70. The van der Waals surface area contributed by atoms with E-state index in [1.165, 1.54) is 17.7 Å². The minimum absolute atomic E-state index is 0.633. The Morgan fingerprint density at radius 1 is 1.56 bits per heavy atom. The summed E-state index contributed by atoms with van der Waals surface area (Å²) in [6.07, 6.45) is 5.43. The number of hydrogen-bond donors (Lipinski definition) is 1. The summed E-state index contributed by atoms with van der Waals surface area (Å²) in [5.41, 5.74) is 8.08. The standard InChI is InChI=1S/C12H20N4/c1-9-3-4-11-10(7-9)8-14-12(15-11)16(2)6-5-13/h8-9H,3-7,13H2,1-2H3. The van der Waals surface area contributed by atoms with Crippen LogP contribution in [-0.4, -0.2) is 30.1 Å². The Hall–Kier alpha value is -1.16. The van der Waals surface area contributed by atoms with Crippen LogP contribution in [0.15, 0.2) is 6.20 Å². The third kappa shape index (κ3) is 2.32. The van der Waals surface area contributed by atoms with Gasteiger partial charge in [-0.1, -0.05) is 6.92 Å². The molecule has 0 saturated carbocycles. The van der Waals surface area contributed by atoms with E-state index in [1.807, 2.05) is 18.1 Å². The molecule has 4 heteroatoms. The molecule has 0 aromatic carbocycles. The Kier molecular flexibility index (Phi) is 3.39. The fourth-order valence-electron chi connectivity index (χ4n) is 2.16. The van der Waals surface area contributed by atoms with Crippen LogP contribution in [0.1, 0.15) is 24.6 Å². The molecule has 0 spiro atoms. The first-order valence-electron chi connectivity index (χ1n) is 5.96. The minimum Gasteiger partial charge on any atom is -0.343 e. The zero-order chi connectivity index (χ0) is 11.5. The molecule has 0 saturated heterocycles. The van der Waals surface area contributed by atoms with Crippen molar-refractivity contribution < 1.29 is 0 Å². The highest BCUT2D eigenvalue weighted by Gasteiger charge is 2.17. The minimum atomic E-state index is 0.633. The van der Waals surface area contributed by atoms with Crippen molar-refractivity contribution in [2.75, 3.05) is 25.0 Å². The molecule has 4 nitrogen and oxygen atoms in total. The van der Waals surface area contributed by atoms with Gasteiger partial charge in [-0.05, 0) is 30.7 Å². The maximum absolute atomic E-state index is 5.53. The molecule has 1 aromatic heterocycles. The van der Waals surface area contributed by atoms with Crippen molar-refractivity contribution in [3.63, 3.8) is 0 Å². The van der Waals surface area contributed by atoms with Crippen LogP contribution in [0.25, 0.3) is 0 Å². The fraction of sp³-hybridized carbons (Fsp3) is 0.667. The van der Waals surface area contributed by atoms with Crippen molar-refractivity contribution in [3.05, 3.63) is 17.5 Å². The van der Waals surface area contributed by atoms with Gasteiger partial charge in [0.2, 0.25) is 5.95 Å². The van der Waals surface area contributed by atoms with Gasteiger partial charge in [-0.3, -0.25) is 0 Å². The number of aryl methyl sites for hydroxylation is 1. The topological polar surface area (TPSA) is 55.0 Å². The predicted octanol–water partition coefficient (Wildman–Crippen LogP) is 0.996. The molecular weight excluding hydrogens is 200 g/mol. The van der Waals surface area contributed by atoms with Gasteiger partial charge in [0.25, 0.3) is 0 Å². The molecule has 0 amide bonds. The van der Waals surface area contributed by atoms with E-state index >= 15 is 0 Å². The van der Waals surface area contributed by atoms with Crippen molar-refractivity contribution in [1.82, 2.24) is 9.97 Å². The molecule has 88 valence electrons. The largest absolute Gasteiger partial charge is 0.343 e. The summed E-state index contributed by atoms with van der Waals surface area (Å²) < 4.78 is 0. The van der Waals surface area contributed by atoms with Crippen molar-refractivity contribution in [1.29, 1.82) is 0 Å². The lowest BCUT2D eigenvalue weighted by molar-refractivity contribution is 0.492. The lowest BCUT2D eigenvalue weighted by atomic mass is 9.89. The first kappa shape index (κ1) is 11.3. The molecule has 1 heterocycles. The van der Waals surface area contributed by atoms with Crippen LogP contribution < -0.4 is 10.6 Å². The molecule has 2 N–H and O–H groups in total. The van der Waals surface area contributed by atoms with Gasteiger partial charge in [-0.2, -0.15) is 0 Å². The lowest BCUT2D eigenvalue weighted by Crippen LogP contribution is -2.27. The van der Waals surface area contributed by atoms with Gasteiger partial charge in [0.1, 0.15) is 0 Å². The maximum Gasteiger partial charge on any atom is 0.225 e. The number of nitrogens with two attached hydrogens (primary N) is 1. The molecule has 1 atom stereocenters. The monoisotopic (exact) mass is 220 g/mol. The summed E-state index contributed by atoms with van der Waals surface area (Å²) in [6.45, 7) is 3.72. The Balaban J connectivity index is 2.19. The first-order valence-corrected chi connectivity index (χ1v) is 5.96. The molecule has 0 bridgehead atoms. The maximum atomic E-state index is 5.53. The van der Waals surface area contributed by atoms with Crippen LogP contribution in [0, 0.1) is 5.92 Å². The Morgan fingerprint density at radius 2 is 2.38 bits per heavy atom. The predicted molar refractivity (Wildman–Crippen MR) is 65.5 cm³/mol. The number of nitrogens with zero attached hydrogens (tertiary/aromatic N) is 3. The van der Waals surface area contributed by atoms with E-state index in [4.69, 9.17) is 5.73 Å². The average molecular weight is 220 g/mol. The van der Waals surface area contributed by atoms with E-state index < -0.39 is 0 Å². The molecule has 2 rings (SSSR count). The molecule has 16 heavy (non-hydrogen) atoms. The average Bonchev–Trinajstić information content (AvgIpc) is 2.28. The summed E-state index contributed by atoms with van der Waals surface area (Å²) >= 11 is 0. The molecule has 0 radical (unpaired) electrons. The summed E-state index contributed by atoms with van der Waals surface area (Å²) in [5, 5.41) is 0. The molecule has 1 aliphatic carbocycles. The van der Waals surface area contributed by atoms with Gasteiger partial charge < -0.3 is 10.6 Å². The van der Waals surface area contributed by atoms with Crippen LogP contribution in [0.4, 0.5) is 5.95 Å². The van der Waals surface area contributed by atoms with E-state index in [1.54, 1.807) is 0 Å². The normalized spacial score (nSPS) is 19.3. The van der Waals surface area contributed by atoms with Crippen molar-refractivity contribution in [2.24, 2.45) is 11.7 Å². The number of aromatic nitrogens is 2. The van der Waals surface area contributed by atoms with Gasteiger partial charge in [0.05, 0.1) is 0 Å². The van der Waals surface area contributed by atoms with Crippen LogP contribution in [0.3, 0.4) is 0 Å². The summed E-state index contributed by atoms with van der Waals surface area (Å²) in [6, 6.07) is 0. The molecule has 0 aliphatic heterocycles. The second kappa shape index (κ2) is 4.78. The van der Waals surface area contributed by atoms with Crippen LogP contribution in [0.2, 0.25) is 0 Å². The highest BCUT2D eigenvalue weighted by molar-refractivity contribution is 5.33. The van der Waals surface area contributed by atoms with E-state index in [9.17, 15) is 0 Å².